The van der Waals surface area contributed by atoms with Gasteiger partial charge in [0.2, 0.25) is 5.91 Å². The molecule has 3 heterocycles. The first-order chi connectivity index (χ1) is 16.6. The summed E-state index contributed by atoms with van der Waals surface area (Å²) >= 11 is 5.77. The van der Waals surface area contributed by atoms with Crippen LogP contribution < -0.4 is 5.32 Å². The van der Waals surface area contributed by atoms with Crippen LogP contribution in [0.5, 0.6) is 0 Å². The number of benzene rings is 1. The van der Waals surface area contributed by atoms with Gasteiger partial charge in [-0.1, -0.05) is 32.0 Å². The molecule has 1 N–H and O–H groups in total. The number of rotatable bonds is 9. The zero-order chi connectivity index (χ0) is 23.9. The lowest BCUT2D eigenvalue weighted by Crippen LogP contribution is -2.49. The first kappa shape index (κ1) is 24.3. The molecule has 8 nitrogen and oxygen atoms in total. The van der Waals surface area contributed by atoms with Crippen LogP contribution in [0, 0.1) is 4.77 Å². The van der Waals surface area contributed by atoms with Gasteiger partial charge in [-0.05, 0) is 48.8 Å². The van der Waals surface area contributed by atoms with Gasteiger partial charge in [0.15, 0.2) is 10.6 Å². The molecule has 4 rings (SSSR count). The molecule has 3 aromatic rings. The average Bonchev–Trinajstić information content (AvgIpc) is 3.16. The van der Waals surface area contributed by atoms with Gasteiger partial charge in [0.25, 0.3) is 0 Å². The quantitative estimate of drug-likeness (QED) is 0.472. The number of nitrogens with one attached hydrogen (secondary N) is 1. The van der Waals surface area contributed by atoms with Gasteiger partial charge < -0.3 is 5.32 Å². The van der Waals surface area contributed by atoms with Crippen molar-refractivity contribution in [3.05, 3.63) is 59.1 Å². The van der Waals surface area contributed by atoms with Crippen molar-refractivity contribution in [2.75, 3.05) is 38.0 Å². The van der Waals surface area contributed by atoms with E-state index in [-0.39, 0.29) is 5.91 Å². The fraction of sp³-hybridized carbons (Fsp3) is 0.440. The van der Waals surface area contributed by atoms with Crippen LogP contribution in [0.2, 0.25) is 0 Å². The van der Waals surface area contributed by atoms with Crippen LogP contribution in [-0.2, 0) is 24.4 Å². The highest BCUT2D eigenvalue weighted by Crippen LogP contribution is 2.19. The number of anilines is 1. The minimum Gasteiger partial charge on any atom is -0.325 e. The number of aryl methyl sites for hydroxylation is 1. The van der Waals surface area contributed by atoms with Crippen molar-refractivity contribution in [3.63, 3.8) is 0 Å². The van der Waals surface area contributed by atoms with Crippen LogP contribution in [0.25, 0.3) is 11.4 Å². The van der Waals surface area contributed by atoms with Gasteiger partial charge in [-0.2, -0.15) is 5.10 Å². The number of hydrogen-bond donors (Lipinski definition) is 1. The maximum absolute atomic E-state index is 12.6. The summed E-state index contributed by atoms with van der Waals surface area (Å²) in [6, 6.07) is 11.9. The normalized spacial score (nSPS) is 14.9. The Balaban J connectivity index is 1.34. The molecule has 0 radical (unpaired) electrons. The molecule has 0 spiro atoms. The van der Waals surface area contributed by atoms with Gasteiger partial charge in [0.1, 0.15) is 0 Å². The van der Waals surface area contributed by atoms with Crippen molar-refractivity contribution in [2.24, 2.45) is 0 Å². The largest absolute Gasteiger partial charge is 0.325 e. The summed E-state index contributed by atoms with van der Waals surface area (Å²) in [5.74, 6) is 0.925. The monoisotopic (exact) mass is 479 g/mol. The second-order valence-electron chi connectivity index (χ2n) is 8.59. The van der Waals surface area contributed by atoms with Crippen LogP contribution >= 0.6 is 12.2 Å². The van der Waals surface area contributed by atoms with Crippen molar-refractivity contribution in [1.29, 1.82) is 0 Å². The number of pyridine rings is 1. The minimum absolute atomic E-state index is 0.0388. The van der Waals surface area contributed by atoms with Crippen molar-refractivity contribution < 1.29 is 4.79 Å². The maximum atomic E-state index is 12.6. The molecule has 9 heteroatoms. The predicted molar refractivity (Wildman–Crippen MR) is 137 cm³/mol. The van der Waals surface area contributed by atoms with Gasteiger partial charge in [-0.3, -0.25) is 24.1 Å². The van der Waals surface area contributed by atoms with Crippen molar-refractivity contribution in [3.8, 4) is 11.4 Å². The number of nitrogens with zero attached hydrogens (tertiary/aromatic N) is 6. The first-order valence-corrected chi connectivity index (χ1v) is 12.4. The van der Waals surface area contributed by atoms with E-state index in [1.165, 1.54) is 0 Å². The van der Waals surface area contributed by atoms with Crippen LogP contribution in [0.1, 0.15) is 25.8 Å². The average molecular weight is 480 g/mol. The Morgan fingerprint density at radius 3 is 2.44 bits per heavy atom. The molecule has 1 aliphatic rings. The zero-order valence-electron chi connectivity index (χ0n) is 20.0. The molecular formula is C25H33N7OS. The molecule has 1 aromatic carbocycles. The third-order valence-corrected chi connectivity index (χ3v) is 6.58. The lowest BCUT2D eigenvalue weighted by molar-refractivity contribution is -0.117. The van der Waals surface area contributed by atoms with E-state index in [9.17, 15) is 4.79 Å². The number of hydrogen-bond acceptors (Lipinski definition) is 6. The maximum Gasteiger partial charge on any atom is 0.238 e. The van der Waals surface area contributed by atoms with E-state index in [0.717, 1.165) is 73.0 Å². The Bertz CT molecular complexity index is 1150. The number of para-hydroxylation sites is 1. The molecule has 1 fully saturated rings. The molecular weight excluding hydrogens is 446 g/mol. The SMILES string of the molecule is CCCn1c(-c2ccncc2)nn(CN2CCN(CC(=O)Nc3ccccc3CC)CC2)c1=S. The summed E-state index contributed by atoms with van der Waals surface area (Å²) < 4.78 is 4.77. The van der Waals surface area contributed by atoms with Gasteiger partial charge in [-0.25, -0.2) is 4.68 Å². The van der Waals surface area contributed by atoms with Crippen LogP contribution in [0.3, 0.4) is 0 Å². The molecule has 1 saturated heterocycles. The topological polar surface area (TPSA) is 71.2 Å². The van der Waals surface area contributed by atoms with Crippen LogP contribution in [-0.4, -0.2) is 67.8 Å². The summed E-state index contributed by atoms with van der Waals surface area (Å²) in [5.41, 5.74) is 3.09. The fourth-order valence-corrected chi connectivity index (χ4v) is 4.57. The number of aromatic nitrogens is 4. The second kappa shape index (κ2) is 11.5. The highest BCUT2D eigenvalue weighted by atomic mass is 32.1. The summed E-state index contributed by atoms with van der Waals surface area (Å²) in [4.78, 5) is 21.3. The van der Waals surface area contributed by atoms with Gasteiger partial charge >= 0.3 is 0 Å². The van der Waals surface area contributed by atoms with E-state index in [4.69, 9.17) is 17.3 Å². The zero-order valence-corrected chi connectivity index (χ0v) is 20.8. The van der Waals surface area contributed by atoms with Gasteiger partial charge in [0, 0.05) is 56.4 Å². The predicted octanol–water partition coefficient (Wildman–Crippen LogP) is 3.66. The second-order valence-corrected chi connectivity index (χ2v) is 8.95. The molecule has 2 aromatic heterocycles. The lowest BCUT2D eigenvalue weighted by atomic mass is 10.1. The molecule has 1 aliphatic heterocycles. The van der Waals surface area contributed by atoms with E-state index in [2.05, 4.69) is 44.6 Å². The first-order valence-electron chi connectivity index (χ1n) is 12.0. The smallest absolute Gasteiger partial charge is 0.238 e. The van der Waals surface area contributed by atoms with Gasteiger partial charge in [-0.15, -0.1) is 0 Å². The van der Waals surface area contributed by atoms with E-state index >= 15 is 0 Å². The summed E-state index contributed by atoms with van der Waals surface area (Å²) in [7, 11) is 0. The Morgan fingerprint density at radius 1 is 1.03 bits per heavy atom. The van der Waals surface area contributed by atoms with Crippen molar-refractivity contribution in [1.82, 2.24) is 29.1 Å². The molecule has 0 aliphatic carbocycles. The Hall–Kier alpha value is -2.88. The van der Waals surface area contributed by atoms with Crippen molar-refractivity contribution in [2.45, 2.75) is 39.9 Å². The number of piperazine rings is 1. The summed E-state index contributed by atoms with van der Waals surface area (Å²) in [5, 5.41) is 7.93. The molecule has 34 heavy (non-hydrogen) atoms. The third kappa shape index (κ3) is 5.78. The highest BCUT2D eigenvalue weighted by molar-refractivity contribution is 7.71. The van der Waals surface area contributed by atoms with Crippen molar-refractivity contribution >= 4 is 23.8 Å². The molecule has 0 atom stereocenters. The molecule has 180 valence electrons. The van der Waals surface area contributed by atoms with E-state index < -0.39 is 0 Å². The molecule has 0 saturated carbocycles. The van der Waals surface area contributed by atoms with Crippen LogP contribution in [0.4, 0.5) is 5.69 Å². The number of carbonyl (C=O) groups excluding carboxylic acids is 1. The van der Waals surface area contributed by atoms with E-state index in [1.807, 2.05) is 35.0 Å². The highest BCUT2D eigenvalue weighted by Gasteiger charge is 2.21. The van der Waals surface area contributed by atoms with Gasteiger partial charge in [0.05, 0.1) is 13.2 Å². The molecule has 0 bridgehead atoms. The third-order valence-electron chi connectivity index (χ3n) is 6.15. The lowest BCUT2D eigenvalue weighted by Gasteiger charge is -2.34. The molecule has 0 unspecified atom stereocenters. The Labute approximate surface area is 206 Å². The Kier molecular flexibility index (Phi) is 8.21. The number of carbonyl (C=O) groups is 1. The standard InChI is InChI=1S/C25H33N7OS/c1-3-13-31-24(21-9-11-26-12-10-21)28-32(25(31)34)19-30-16-14-29(15-17-30)18-23(33)27-22-8-6-5-7-20(22)4-2/h5-12H,3-4,13-19H2,1-2H3,(H,27,33). The summed E-state index contributed by atoms with van der Waals surface area (Å²) in [6.45, 7) is 9.54. The fourth-order valence-electron chi connectivity index (χ4n) is 4.29. The number of amides is 1. The minimum atomic E-state index is 0.0388. The van der Waals surface area contributed by atoms with E-state index in [0.29, 0.717) is 13.2 Å². The molecule has 1 amide bonds. The summed E-state index contributed by atoms with van der Waals surface area (Å²) in [6.07, 6.45) is 5.45. The van der Waals surface area contributed by atoms with E-state index in [1.54, 1.807) is 12.4 Å². The Morgan fingerprint density at radius 2 is 1.74 bits per heavy atom. The van der Waals surface area contributed by atoms with Crippen LogP contribution in [0.15, 0.2) is 48.8 Å².